The van der Waals surface area contributed by atoms with Crippen LogP contribution >= 0.6 is 11.6 Å². The summed E-state index contributed by atoms with van der Waals surface area (Å²) in [5.74, 6) is 1.27. The maximum Gasteiger partial charge on any atom is 0.0820 e. The Hall–Kier alpha value is -0.540. The maximum atomic E-state index is 6.33. The lowest BCUT2D eigenvalue weighted by atomic mass is 9.92. The zero-order chi connectivity index (χ0) is 12.4. The summed E-state index contributed by atoms with van der Waals surface area (Å²) in [4.78, 5) is 0. The van der Waals surface area contributed by atoms with Crippen LogP contribution in [0.25, 0.3) is 0 Å². The summed E-state index contributed by atoms with van der Waals surface area (Å²) in [6.07, 6.45) is 5.64. The van der Waals surface area contributed by atoms with Gasteiger partial charge in [0.2, 0.25) is 0 Å². The quantitative estimate of drug-likeness (QED) is 0.895. The average molecular weight is 256 g/mol. The van der Waals surface area contributed by atoms with Gasteiger partial charge in [-0.1, -0.05) is 18.0 Å². The lowest BCUT2D eigenvalue weighted by Gasteiger charge is -2.22. The number of aromatic nitrogens is 2. The molecule has 2 unspecified atom stereocenters. The van der Waals surface area contributed by atoms with Crippen molar-refractivity contribution in [2.75, 3.05) is 13.6 Å². The fourth-order valence-electron chi connectivity index (χ4n) is 3.01. The van der Waals surface area contributed by atoms with Gasteiger partial charge in [-0.3, -0.25) is 4.68 Å². The van der Waals surface area contributed by atoms with E-state index in [0.717, 1.165) is 11.6 Å². The van der Waals surface area contributed by atoms with Gasteiger partial charge in [-0.2, -0.15) is 5.10 Å². The molecule has 1 aromatic rings. The van der Waals surface area contributed by atoms with Crippen LogP contribution in [0.1, 0.15) is 50.8 Å². The van der Waals surface area contributed by atoms with Crippen molar-refractivity contribution in [3.05, 3.63) is 16.9 Å². The molecule has 0 bridgehead atoms. The topological polar surface area (TPSA) is 29.9 Å². The molecule has 1 N–H and O–H groups in total. The van der Waals surface area contributed by atoms with Crippen LogP contribution < -0.4 is 5.32 Å². The third-order valence-corrected chi connectivity index (χ3v) is 4.04. The molecule has 1 aliphatic rings. The van der Waals surface area contributed by atoms with Crippen LogP contribution in [0.2, 0.25) is 5.02 Å². The van der Waals surface area contributed by atoms with Crippen LogP contribution in [-0.4, -0.2) is 23.4 Å². The Bertz CT molecular complexity index is 373. The van der Waals surface area contributed by atoms with Crippen LogP contribution in [0.15, 0.2) is 6.20 Å². The van der Waals surface area contributed by atoms with E-state index in [1.54, 1.807) is 6.20 Å². The lowest BCUT2D eigenvalue weighted by Crippen LogP contribution is -2.23. The van der Waals surface area contributed by atoms with Gasteiger partial charge in [-0.15, -0.1) is 0 Å². The number of rotatable bonds is 4. The van der Waals surface area contributed by atoms with Gasteiger partial charge in [-0.25, -0.2) is 0 Å². The lowest BCUT2D eigenvalue weighted by molar-refractivity contribution is 0.415. The Morgan fingerprint density at radius 1 is 1.53 bits per heavy atom. The molecule has 1 aliphatic carbocycles. The average Bonchev–Trinajstić information content (AvgIpc) is 2.85. The van der Waals surface area contributed by atoms with Gasteiger partial charge >= 0.3 is 0 Å². The molecule has 0 radical (unpaired) electrons. The number of halogens is 1. The minimum Gasteiger partial charge on any atom is -0.319 e. The van der Waals surface area contributed by atoms with Crippen LogP contribution in [0.5, 0.6) is 0 Å². The number of hydrogen-bond donors (Lipinski definition) is 1. The molecule has 2 atom stereocenters. The molecule has 0 aliphatic heterocycles. The van der Waals surface area contributed by atoms with Crippen molar-refractivity contribution < 1.29 is 0 Å². The Morgan fingerprint density at radius 2 is 2.29 bits per heavy atom. The first-order valence-electron chi connectivity index (χ1n) is 6.52. The minimum absolute atomic E-state index is 0.383. The molecule has 1 fully saturated rings. The Kier molecular flexibility index (Phi) is 4.10. The molecule has 0 saturated heterocycles. The fourth-order valence-corrected chi connectivity index (χ4v) is 3.28. The Morgan fingerprint density at radius 3 is 2.94 bits per heavy atom. The molecular weight excluding hydrogens is 234 g/mol. The molecule has 1 saturated carbocycles. The van der Waals surface area contributed by atoms with E-state index in [4.69, 9.17) is 11.6 Å². The summed E-state index contributed by atoms with van der Waals surface area (Å²) >= 11 is 6.33. The van der Waals surface area contributed by atoms with Crippen molar-refractivity contribution in [3.63, 3.8) is 0 Å². The van der Waals surface area contributed by atoms with Crippen LogP contribution in [0, 0.1) is 5.92 Å². The smallest absolute Gasteiger partial charge is 0.0820 e. The van der Waals surface area contributed by atoms with E-state index in [-0.39, 0.29) is 0 Å². The van der Waals surface area contributed by atoms with Crippen LogP contribution in [0.4, 0.5) is 0 Å². The second-order valence-electron chi connectivity index (χ2n) is 5.27. The summed E-state index contributed by atoms with van der Waals surface area (Å²) in [6, 6.07) is 0.383. The predicted octanol–water partition coefficient (Wildman–Crippen LogP) is 3.22. The van der Waals surface area contributed by atoms with Crippen molar-refractivity contribution >= 4 is 11.6 Å². The van der Waals surface area contributed by atoms with Crippen molar-refractivity contribution in [2.45, 2.75) is 45.1 Å². The van der Waals surface area contributed by atoms with Crippen molar-refractivity contribution in [3.8, 4) is 0 Å². The van der Waals surface area contributed by atoms with Gasteiger partial charge in [0.25, 0.3) is 0 Å². The van der Waals surface area contributed by atoms with Gasteiger partial charge in [-0.05, 0) is 46.2 Å². The second kappa shape index (κ2) is 5.40. The predicted molar refractivity (Wildman–Crippen MR) is 71.6 cm³/mol. The highest BCUT2D eigenvalue weighted by molar-refractivity contribution is 6.31. The third-order valence-electron chi connectivity index (χ3n) is 3.75. The van der Waals surface area contributed by atoms with E-state index in [0.29, 0.717) is 17.9 Å². The minimum atomic E-state index is 0.383. The first-order chi connectivity index (χ1) is 8.15. The van der Waals surface area contributed by atoms with Gasteiger partial charge in [0.05, 0.1) is 16.9 Å². The van der Waals surface area contributed by atoms with E-state index < -0.39 is 0 Å². The summed E-state index contributed by atoms with van der Waals surface area (Å²) in [5.41, 5.74) is 1.25. The highest BCUT2D eigenvalue weighted by Gasteiger charge is 2.32. The zero-order valence-electron chi connectivity index (χ0n) is 10.9. The van der Waals surface area contributed by atoms with Gasteiger partial charge < -0.3 is 5.32 Å². The third kappa shape index (κ3) is 2.50. The van der Waals surface area contributed by atoms with Gasteiger partial charge in [0.1, 0.15) is 0 Å². The van der Waals surface area contributed by atoms with Crippen molar-refractivity contribution in [2.24, 2.45) is 5.92 Å². The Labute approximate surface area is 109 Å². The van der Waals surface area contributed by atoms with Gasteiger partial charge in [0.15, 0.2) is 0 Å². The van der Waals surface area contributed by atoms with Crippen LogP contribution in [0.3, 0.4) is 0 Å². The maximum absolute atomic E-state index is 6.33. The summed E-state index contributed by atoms with van der Waals surface area (Å²) < 4.78 is 2.10. The van der Waals surface area contributed by atoms with E-state index in [9.17, 15) is 0 Å². The Balaban J connectivity index is 2.29. The molecule has 17 heavy (non-hydrogen) atoms. The standard InChI is InChI=1S/C13H22ClN3/c1-9(2)17-13(12(14)8-16-17)11-6-4-5-10(11)7-15-3/h8-11,15H,4-7H2,1-3H3. The van der Waals surface area contributed by atoms with Gasteiger partial charge in [0, 0.05) is 12.0 Å². The van der Waals surface area contributed by atoms with Crippen LogP contribution in [-0.2, 0) is 0 Å². The largest absolute Gasteiger partial charge is 0.319 e. The number of nitrogens with one attached hydrogen (secondary N) is 1. The van der Waals surface area contributed by atoms with E-state index >= 15 is 0 Å². The highest BCUT2D eigenvalue weighted by atomic mass is 35.5. The number of nitrogens with zero attached hydrogens (tertiary/aromatic N) is 2. The van der Waals surface area contributed by atoms with E-state index in [1.807, 2.05) is 7.05 Å². The monoisotopic (exact) mass is 255 g/mol. The molecule has 1 aromatic heterocycles. The number of hydrogen-bond acceptors (Lipinski definition) is 2. The molecule has 3 nitrogen and oxygen atoms in total. The van der Waals surface area contributed by atoms with Crippen molar-refractivity contribution in [1.82, 2.24) is 15.1 Å². The molecule has 0 amide bonds. The molecule has 2 rings (SSSR count). The SMILES string of the molecule is CNCC1CCCC1c1c(Cl)cnn1C(C)C. The normalized spacial score (nSPS) is 24.8. The second-order valence-corrected chi connectivity index (χ2v) is 5.68. The molecule has 1 heterocycles. The summed E-state index contributed by atoms with van der Waals surface area (Å²) in [5, 5.41) is 8.56. The molecule has 96 valence electrons. The fraction of sp³-hybridized carbons (Fsp3) is 0.769. The first kappa shape index (κ1) is 12.9. The van der Waals surface area contributed by atoms with Crippen molar-refractivity contribution in [1.29, 1.82) is 0 Å². The first-order valence-corrected chi connectivity index (χ1v) is 6.90. The molecule has 0 spiro atoms. The summed E-state index contributed by atoms with van der Waals surface area (Å²) in [7, 11) is 2.02. The molecular formula is C13H22ClN3. The zero-order valence-corrected chi connectivity index (χ0v) is 11.7. The highest BCUT2D eigenvalue weighted by Crippen LogP contribution is 2.42. The van der Waals surface area contributed by atoms with E-state index in [2.05, 4.69) is 28.9 Å². The van der Waals surface area contributed by atoms with E-state index in [1.165, 1.54) is 25.0 Å². The molecule has 0 aromatic carbocycles. The summed E-state index contributed by atoms with van der Waals surface area (Å²) in [6.45, 7) is 5.40. The molecule has 4 heteroatoms.